The Morgan fingerprint density at radius 2 is 2.50 bits per heavy atom. The first kappa shape index (κ1) is 11.4. The van der Waals surface area contributed by atoms with E-state index in [1.165, 1.54) is 4.88 Å². The van der Waals surface area contributed by atoms with Crippen molar-refractivity contribution < 1.29 is 4.74 Å². The van der Waals surface area contributed by atoms with E-state index in [0.717, 1.165) is 25.4 Å². The number of hydrogen-bond donors (Lipinski definition) is 1. The molecule has 1 aromatic rings. The quantitative estimate of drug-likeness (QED) is 0.729. The summed E-state index contributed by atoms with van der Waals surface area (Å²) in [5.41, 5.74) is 2.97. The highest BCUT2D eigenvalue weighted by atomic mass is 32.1. The van der Waals surface area contributed by atoms with Gasteiger partial charge in [-0.05, 0) is 13.0 Å². The second kappa shape index (κ2) is 6.70. The van der Waals surface area contributed by atoms with Gasteiger partial charge >= 0.3 is 0 Å². The molecule has 1 N–H and O–H groups in total. The van der Waals surface area contributed by atoms with Gasteiger partial charge in [0.15, 0.2) is 0 Å². The highest BCUT2D eigenvalue weighted by Gasteiger charge is 1.94. The lowest BCUT2D eigenvalue weighted by Crippen LogP contribution is -2.18. The number of rotatable bonds is 6. The summed E-state index contributed by atoms with van der Waals surface area (Å²) in [4.78, 5) is 5.41. The first-order valence-corrected chi connectivity index (χ1v) is 5.49. The van der Waals surface area contributed by atoms with E-state index in [1.54, 1.807) is 18.4 Å². The van der Waals surface area contributed by atoms with Crippen molar-refractivity contribution in [2.24, 2.45) is 0 Å². The third-order valence-corrected chi connectivity index (χ3v) is 2.69. The number of hydrogen-bond acceptors (Lipinski definition) is 4. The summed E-state index contributed by atoms with van der Waals surface area (Å²) < 4.78 is 4.92. The topological polar surface area (TPSA) is 34.1 Å². The highest BCUT2D eigenvalue weighted by Crippen LogP contribution is 2.13. The summed E-state index contributed by atoms with van der Waals surface area (Å²) >= 11 is 1.67. The van der Waals surface area contributed by atoms with Crippen LogP contribution in [-0.2, 0) is 4.74 Å². The van der Waals surface area contributed by atoms with E-state index in [9.17, 15) is 0 Å². The monoisotopic (exact) mass is 212 g/mol. The van der Waals surface area contributed by atoms with Crippen molar-refractivity contribution in [2.45, 2.75) is 6.92 Å². The van der Waals surface area contributed by atoms with E-state index in [-0.39, 0.29) is 0 Å². The molecular weight excluding hydrogens is 196 g/mol. The lowest BCUT2D eigenvalue weighted by molar-refractivity contribution is 0.200. The maximum Gasteiger partial charge on any atom is 0.0801 e. The smallest absolute Gasteiger partial charge is 0.0801 e. The third-order valence-electron chi connectivity index (χ3n) is 1.80. The molecule has 1 rings (SSSR count). The van der Waals surface area contributed by atoms with Crippen molar-refractivity contribution in [3.8, 4) is 0 Å². The average Bonchev–Trinajstić information content (AvgIpc) is 2.58. The van der Waals surface area contributed by atoms with Gasteiger partial charge < -0.3 is 10.1 Å². The number of methoxy groups -OCH3 is 1. The molecule has 0 spiro atoms. The van der Waals surface area contributed by atoms with E-state index in [4.69, 9.17) is 4.74 Å². The molecule has 0 aromatic carbocycles. The molecular formula is C10H16N2OS. The highest BCUT2D eigenvalue weighted by molar-refractivity contribution is 7.10. The number of thiazole rings is 1. The summed E-state index contributed by atoms with van der Waals surface area (Å²) in [7, 11) is 1.71. The van der Waals surface area contributed by atoms with E-state index in [2.05, 4.69) is 22.5 Å². The molecule has 1 aromatic heterocycles. The minimum atomic E-state index is 0.757. The first-order chi connectivity index (χ1) is 6.84. The van der Waals surface area contributed by atoms with Crippen molar-refractivity contribution in [1.29, 1.82) is 0 Å². The van der Waals surface area contributed by atoms with Crippen LogP contribution in [0.25, 0.3) is 6.08 Å². The molecule has 0 bridgehead atoms. The van der Waals surface area contributed by atoms with Crippen LogP contribution in [0, 0.1) is 6.92 Å². The largest absolute Gasteiger partial charge is 0.383 e. The molecule has 0 amide bonds. The zero-order chi connectivity index (χ0) is 10.2. The summed E-state index contributed by atoms with van der Waals surface area (Å²) in [6, 6.07) is 0. The van der Waals surface area contributed by atoms with Crippen LogP contribution in [-0.4, -0.2) is 31.8 Å². The molecule has 0 aliphatic rings. The molecule has 3 nitrogen and oxygen atoms in total. The fourth-order valence-electron chi connectivity index (χ4n) is 0.997. The van der Waals surface area contributed by atoms with Gasteiger partial charge in [0.25, 0.3) is 0 Å². The van der Waals surface area contributed by atoms with Crippen molar-refractivity contribution in [3.05, 3.63) is 22.2 Å². The zero-order valence-electron chi connectivity index (χ0n) is 8.62. The van der Waals surface area contributed by atoms with Gasteiger partial charge in [0, 0.05) is 25.1 Å². The van der Waals surface area contributed by atoms with Crippen molar-refractivity contribution >= 4 is 17.4 Å². The molecule has 0 radical (unpaired) electrons. The predicted molar refractivity (Wildman–Crippen MR) is 60.6 cm³/mol. The minimum Gasteiger partial charge on any atom is -0.383 e. The molecule has 4 heteroatoms. The Bertz CT molecular complexity index is 283. The molecule has 0 fully saturated rings. The predicted octanol–water partition coefficient (Wildman–Crippen LogP) is 1.70. The number of nitrogens with one attached hydrogen (secondary N) is 1. The zero-order valence-corrected chi connectivity index (χ0v) is 9.43. The number of aromatic nitrogens is 1. The minimum absolute atomic E-state index is 0.757. The van der Waals surface area contributed by atoms with Crippen LogP contribution in [0.3, 0.4) is 0 Å². The average molecular weight is 212 g/mol. The SMILES string of the molecule is COCCNCC=Cc1scnc1C. The Morgan fingerprint density at radius 3 is 3.14 bits per heavy atom. The van der Waals surface area contributed by atoms with Crippen molar-refractivity contribution in [2.75, 3.05) is 26.8 Å². The molecule has 0 saturated heterocycles. The fraction of sp³-hybridized carbons (Fsp3) is 0.500. The van der Waals surface area contributed by atoms with Crippen LogP contribution in [0.4, 0.5) is 0 Å². The Morgan fingerprint density at radius 1 is 1.64 bits per heavy atom. The van der Waals surface area contributed by atoms with Crippen LogP contribution in [0.15, 0.2) is 11.6 Å². The molecule has 0 saturated carbocycles. The van der Waals surface area contributed by atoms with E-state index in [0.29, 0.717) is 0 Å². The Balaban J connectivity index is 2.18. The van der Waals surface area contributed by atoms with Crippen LogP contribution in [0.1, 0.15) is 10.6 Å². The summed E-state index contributed by atoms with van der Waals surface area (Å²) in [6.45, 7) is 4.55. The standard InChI is InChI=1S/C10H16N2OS/c1-9-10(14-8-12-9)4-3-5-11-6-7-13-2/h3-4,8,11H,5-7H2,1-2H3. The van der Waals surface area contributed by atoms with Gasteiger partial charge in [-0.25, -0.2) is 4.98 Å². The molecule has 0 atom stereocenters. The van der Waals surface area contributed by atoms with Crippen LogP contribution in [0.2, 0.25) is 0 Å². The lowest BCUT2D eigenvalue weighted by atomic mass is 10.3. The van der Waals surface area contributed by atoms with Crippen LogP contribution < -0.4 is 5.32 Å². The van der Waals surface area contributed by atoms with Gasteiger partial charge in [-0.2, -0.15) is 0 Å². The number of aryl methyl sites for hydroxylation is 1. The van der Waals surface area contributed by atoms with E-state index < -0.39 is 0 Å². The second-order valence-corrected chi connectivity index (χ2v) is 3.79. The molecule has 0 unspecified atom stereocenters. The number of ether oxygens (including phenoxy) is 1. The third kappa shape index (κ3) is 4.00. The van der Waals surface area contributed by atoms with Crippen molar-refractivity contribution in [1.82, 2.24) is 10.3 Å². The van der Waals surface area contributed by atoms with Gasteiger partial charge in [-0.1, -0.05) is 6.08 Å². The lowest BCUT2D eigenvalue weighted by Gasteiger charge is -1.98. The number of nitrogens with zero attached hydrogens (tertiary/aromatic N) is 1. The normalized spacial score (nSPS) is 11.3. The Kier molecular flexibility index (Phi) is 5.44. The maximum absolute atomic E-state index is 4.92. The van der Waals surface area contributed by atoms with Crippen LogP contribution >= 0.6 is 11.3 Å². The van der Waals surface area contributed by atoms with Gasteiger partial charge in [0.1, 0.15) is 0 Å². The van der Waals surface area contributed by atoms with Crippen molar-refractivity contribution in [3.63, 3.8) is 0 Å². The molecule has 1 heterocycles. The molecule has 78 valence electrons. The first-order valence-electron chi connectivity index (χ1n) is 4.61. The molecule has 0 aliphatic heterocycles. The fourth-order valence-corrected chi connectivity index (χ4v) is 1.72. The Labute approximate surface area is 88.8 Å². The summed E-state index contributed by atoms with van der Waals surface area (Å²) in [5, 5.41) is 3.24. The van der Waals surface area contributed by atoms with Crippen LogP contribution in [0.5, 0.6) is 0 Å². The van der Waals surface area contributed by atoms with Gasteiger partial charge in [-0.3, -0.25) is 0 Å². The molecule has 0 aliphatic carbocycles. The van der Waals surface area contributed by atoms with E-state index in [1.807, 2.05) is 12.4 Å². The summed E-state index contributed by atoms with van der Waals surface area (Å²) in [5.74, 6) is 0. The Hall–Kier alpha value is -0.710. The van der Waals surface area contributed by atoms with Gasteiger partial charge in [-0.15, -0.1) is 11.3 Å². The maximum atomic E-state index is 4.92. The van der Waals surface area contributed by atoms with E-state index >= 15 is 0 Å². The summed E-state index contributed by atoms with van der Waals surface area (Å²) in [6.07, 6.45) is 4.21. The van der Waals surface area contributed by atoms with Gasteiger partial charge in [0.2, 0.25) is 0 Å². The second-order valence-electron chi connectivity index (χ2n) is 2.90. The molecule has 14 heavy (non-hydrogen) atoms. The van der Waals surface area contributed by atoms with Gasteiger partial charge in [0.05, 0.1) is 17.8 Å².